The first-order chi connectivity index (χ1) is 64.4. The van der Waals surface area contributed by atoms with Crippen LogP contribution in [0.5, 0.6) is 0 Å². The van der Waals surface area contributed by atoms with Gasteiger partial charge in [-0.05, 0) is 193 Å². The first-order valence-electron chi connectivity index (χ1n) is 54.5. The minimum absolute atomic E-state index is 0.381. The van der Waals surface area contributed by atoms with Gasteiger partial charge in [0.25, 0.3) is 0 Å². The highest BCUT2D eigenvalue weighted by molar-refractivity contribution is 6.94. The molecule has 0 saturated carbocycles. The van der Waals surface area contributed by atoms with Gasteiger partial charge in [-0.25, -0.2) is 0 Å². The average molecular weight is 2040 g/mol. The van der Waals surface area contributed by atoms with Crippen molar-refractivity contribution in [3.8, 4) is 162 Å². The fraction of sp³-hybridized carbons (Fsp3) is 0.600. The van der Waals surface area contributed by atoms with Gasteiger partial charge < -0.3 is 0 Å². The molecular weight excluding hydrogens is 1840 g/mol. The Morgan fingerprint density at radius 3 is 0.279 bits per heavy atom. The topological polar surface area (TPSA) is 0 Å². The van der Waals surface area contributed by atoms with Crippen LogP contribution in [0, 0.1) is 162 Å². The minimum atomic E-state index is -2.38. The molecule has 0 spiro atoms. The monoisotopic (exact) mass is 2040 g/mol. The van der Waals surface area contributed by atoms with Gasteiger partial charge in [0.2, 0.25) is 0 Å². The molecule has 10 heteroatoms. The van der Waals surface area contributed by atoms with Crippen molar-refractivity contribution in [3.05, 3.63) is 138 Å². The summed E-state index contributed by atoms with van der Waals surface area (Å²) in [6.07, 6.45) is 0. The Balaban J connectivity index is 2.75. The summed E-state index contributed by atoms with van der Waals surface area (Å²) in [7, 11) is -22.3. The first kappa shape index (κ1) is 125. The summed E-state index contributed by atoms with van der Waals surface area (Å²) in [5, 5.41) is 0. The number of benzene rings is 4. The van der Waals surface area contributed by atoms with Crippen LogP contribution >= 0.6 is 0 Å². The molecule has 0 unspecified atom stereocenters. The highest BCUT2D eigenvalue weighted by Gasteiger charge is 2.49. The van der Waals surface area contributed by atoms with Crippen LogP contribution in [0.15, 0.2) is 48.5 Å². The van der Waals surface area contributed by atoms with Crippen LogP contribution in [0.2, 0.25) is 172 Å². The molecule has 0 fully saturated rings. The molecule has 0 N–H and O–H groups in total. The lowest BCUT2D eigenvalue weighted by molar-refractivity contribution is 0.838. The molecule has 0 nitrogen and oxygen atoms in total. The second-order valence-corrected chi connectivity index (χ2v) is 105. The zero-order valence-electron chi connectivity index (χ0n) is 99.5. The molecule has 0 amide bonds. The molecule has 0 aliphatic rings. The Hall–Kier alpha value is -7.11. The predicted octanol–water partition coefficient (Wildman–Crippen LogP) is 36.9. The van der Waals surface area contributed by atoms with Gasteiger partial charge in [0, 0.05) is 89.0 Å². The highest BCUT2D eigenvalue weighted by atomic mass is 28.3. The Morgan fingerprint density at radius 2 is 0.193 bits per heavy atom. The fourth-order valence-electron chi connectivity index (χ4n) is 25.9. The van der Waals surface area contributed by atoms with Crippen LogP contribution in [-0.4, -0.2) is 80.7 Å². The summed E-state index contributed by atoms with van der Waals surface area (Å²) in [4.78, 5) is 0. The van der Waals surface area contributed by atoms with Gasteiger partial charge in [0.05, 0.1) is 0 Å². The standard InChI is InChI=1S/C130H194Si10/c1-91(2)133(92(3)4,93(5)6)75-65-123-85-117(59-61-119-87-129(71-81-139(109(37)38,110(39)40)111(41)42)121(63-73-131(49,50)51)89-127(119)69-79-137(103(25)26,104(27)28)105(29)30)125(67-77-135(97(13)14,98(15)16)99(17)18)83-115(123)57-55-56-58-116-84-126(68-78-136(100(19)20,101(21)22)102(23)24)118(86-124(116)66-76-134(94(7)8,95(9)10)96(11)12)60-62-120-88-130(72-82-140(112(43)44,113(45)46)114(47)48)122(64-74-132(52,53)54)90-128(120)70-80-138(106(31)32,107(33)34)108(35)36/h83-114H,1-54H3. The van der Waals surface area contributed by atoms with Crippen LogP contribution in [0.1, 0.15) is 421 Å². The lowest BCUT2D eigenvalue weighted by atomic mass is 9.97. The molecule has 0 aliphatic heterocycles. The molecule has 0 heterocycles. The maximum Gasteiger partial charge on any atom is 0.146 e. The molecule has 0 bridgehead atoms. The van der Waals surface area contributed by atoms with Gasteiger partial charge in [-0.15, -0.1) is 55.4 Å². The van der Waals surface area contributed by atoms with Crippen molar-refractivity contribution < 1.29 is 0 Å². The van der Waals surface area contributed by atoms with E-state index in [0.29, 0.717) is 133 Å². The van der Waals surface area contributed by atoms with E-state index in [4.69, 9.17) is 0 Å². The predicted molar refractivity (Wildman–Crippen MR) is 655 cm³/mol. The zero-order chi connectivity index (χ0) is 108. The van der Waals surface area contributed by atoms with E-state index in [2.05, 4.69) is 582 Å². The van der Waals surface area contributed by atoms with Gasteiger partial charge in [-0.3, -0.25) is 0 Å². The second-order valence-electron chi connectivity index (χ2n) is 51.0. The van der Waals surface area contributed by atoms with Crippen molar-refractivity contribution in [1.82, 2.24) is 0 Å². The third-order valence-electron chi connectivity index (χ3n) is 33.1. The van der Waals surface area contributed by atoms with Gasteiger partial charge in [-0.1, -0.05) is 466 Å². The van der Waals surface area contributed by atoms with Crippen LogP contribution in [0.25, 0.3) is 0 Å². The van der Waals surface area contributed by atoms with Crippen LogP contribution in [-0.2, 0) is 0 Å². The highest BCUT2D eigenvalue weighted by Crippen LogP contribution is 2.49. The summed E-state index contributed by atoms with van der Waals surface area (Å²) < 4.78 is 0. The molecule has 4 rings (SSSR count). The SMILES string of the molecule is CC(C)[Si](C#Cc1cc(C#Cc2cc(C#C[Si](C(C)C)(C(C)C)C(C)C)c(C#C[Si](C)(C)C)cc2C#C[Si](C(C)C)(C(C)C)C(C)C)c(C#C[Si](C(C)C)(C(C)C)C(C)C)cc1C#CC#Cc1cc(C#C[Si](C(C)C)(C(C)C)C(C)C)c(C#Cc2cc(C#C[Si](C(C)C)(C(C)C)C(C)C)c(C#C[Si](C)(C)C)cc2C#C[Si](C(C)C)(C(C)C)C(C)C)cc1C#C[Si](C(C)C)(C(C)C)C(C)C)(C(C)C)C(C)C. The summed E-state index contributed by atoms with van der Waals surface area (Å²) in [6.45, 7) is 129. The molecule has 0 aromatic heterocycles. The quantitative estimate of drug-likeness (QED) is 0.0484. The summed E-state index contributed by atoms with van der Waals surface area (Å²) >= 11 is 0. The maximum atomic E-state index is 4.21. The second kappa shape index (κ2) is 51.8. The van der Waals surface area contributed by atoms with Crippen LogP contribution in [0.3, 0.4) is 0 Å². The lowest BCUT2D eigenvalue weighted by Crippen LogP contribution is -2.43. The summed E-state index contributed by atoms with van der Waals surface area (Å²) in [5.41, 5.74) is 64.6. The van der Waals surface area contributed by atoms with E-state index in [0.717, 1.165) is 89.0 Å². The van der Waals surface area contributed by atoms with Crippen LogP contribution < -0.4 is 0 Å². The van der Waals surface area contributed by atoms with E-state index in [1.807, 2.05) is 0 Å². The van der Waals surface area contributed by atoms with E-state index in [1.165, 1.54) is 0 Å². The number of hydrogen-bond donors (Lipinski definition) is 0. The molecule has 0 radical (unpaired) electrons. The Bertz CT molecular complexity index is 5440. The molecule has 4 aromatic rings. The van der Waals surface area contributed by atoms with Crippen LogP contribution in [0.4, 0.5) is 0 Å². The van der Waals surface area contributed by atoms with E-state index in [-0.39, 0.29) is 0 Å². The van der Waals surface area contributed by atoms with Crippen molar-refractivity contribution in [2.24, 2.45) is 0 Å². The van der Waals surface area contributed by atoms with Gasteiger partial charge >= 0.3 is 0 Å². The van der Waals surface area contributed by atoms with Gasteiger partial charge in [-0.2, -0.15) is 0 Å². The van der Waals surface area contributed by atoms with Crippen molar-refractivity contribution in [3.63, 3.8) is 0 Å². The Labute approximate surface area is 877 Å². The molecule has 4 aromatic carbocycles. The normalized spacial score (nSPS) is 12.5. The number of rotatable bonds is 24. The minimum Gasteiger partial charge on any atom is -0.127 e. The molecular formula is C130H194Si10. The average Bonchev–Trinajstić information content (AvgIpc) is 0.808. The van der Waals surface area contributed by atoms with E-state index < -0.39 is 80.7 Å². The number of hydrogen-bond acceptors (Lipinski definition) is 0. The smallest absolute Gasteiger partial charge is 0.127 e. The third kappa shape index (κ3) is 28.6. The molecule has 140 heavy (non-hydrogen) atoms. The largest absolute Gasteiger partial charge is 0.146 e. The Morgan fingerprint density at radius 1 is 0.114 bits per heavy atom. The van der Waals surface area contributed by atoms with Crippen molar-refractivity contribution in [1.29, 1.82) is 0 Å². The van der Waals surface area contributed by atoms with Crippen molar-refractivity contribution >= 4 is 80.7 Å². The van der Waals surface area contributed by atoms with E-state index in [1.54, 1.807) is 0 Å². The fourth-order valence-corrected chi connectivity index (χ4v) is 68.7. The van der Waals surface area contributed by atoms with Crippen molar-refractivity contribution in [2.45, 2.75) is 505 Å². The van der Waals surface area contributed by atoms with E-state index in [9.17, 15) is 0 Å². The molecule has 0 saturated heterocycles. The summed E-state index contributed by atoms with van der Waals surface area (Å²) in [5.74, 6) is 70.0. The van der Waals surface area contributed by atoms with Crippen molar-refractivity contribution in [2.75, 3.05) is 0 Å². The first-order valence-corrected chi connectivity index (χ1v) is 79.4. The Kier molecular flexibility index (Phi) is 46.3. The van der Waals surface area contributed by atoms with Gasteiger partial charge in [0.1, 0.15) is 80.7 Å². The molecule has 754 valence electrons. The van der Waals surface area contributed by atoms with E-state index >= 15 is 0 Å². The summed E-state index contributed by atoms with van der Waals surface area (Å²) in [6, 6.07) is 18.0. The zero-order valence-corrected chi connectivity index (χ0v) is 109. The lowest BCUT2D eigenvalue weighted by Gasteiger charge is -2.38. The van der Waals surface area contributed by atoms with Gasteiger partial charge in [0.15, 0.2) is 0 Å². The third-order valence-corrected chi connectivity index (χ3v) is 85.2. The molecule has 0 atom stereocenters. The maximum absolute atomic E-state index is 4.21. The molecule has 0 aliphatic carbocycles.